The molecule has 0 spiro atoms. The van der Waals surface area contributed by atoms with Gasteiger partial charge in [0.25, 0.3) is 0 Å². The third kappa shape index (κ3) is 4.63. The first-order chi connectivity index (χ1) is 14.7. The smallest absolute Gasteiger partial charge is 0.368 e. The van der Waals surface area contributed by atoms with Gasteiger partial charge in [-0.2, -0.15) is 13.2 Å². The number of amides is 2. The molecule has 2 saturated heterocycles. The molecule has 1 unspecified atom stereocenters. The molecule has 2 aliphatic heterocycles. The number of alkyl halides is 3. The molecule has 2 aromatic rings. The Morgan fingerprint density at radius 3 is 2.29 bits per heavy atom. The number of piperazine rings is 1. The van der Waals surface area contributed by atoms with Gasteiger partial charge in [-0.25, -0.2) is 0 Å². The topological polar surface area (TPSA) is 43.9 Å². The van der Waals surface area contributed by atoms with Gasteiger partial charge >= 0.3 is 6.18 Å². The fraction of sp³-hybridized carbons (Fsp3) is 0.364. The molecule has 0 aromatic heterocycles. The lowest BCUT2D eigenvalue weighted by Crippen LogP contribution is -2.50. The number of nitrogens with zero attached hydrogens (tertiary/aromatic N) is 3. The number of rotatable bonds is 3. The average molecular weight is 452 g/mol. The molecule has 2 fully saturated rings. The van der Waals surface area contributed by atoms with Crippen molar-refractivity contribution in [1.82, 2.24) is 4.90 Å². The summed E-state index contributed by atoms with van der Waals surface area (Å²) in [4.78, 5) is 30.5. The van der Waals surface area contributed by atoms with E-state index in [1.165, 1.54) is 6.07 Å². The van der Waals surface area contributed by atoms with E-state index in [0.717, 1.165) is 12.1 Å². The van der Waals surface area contributed by atoms with Crippen LogP contribution in [-0.2, 0) is 15.8 Å². The lowest BCUT2D eigenvalue weighted by Gasteiger charge is -2.37. The summed E-state index contributed by atoms with van der Waals surface area (Å²) < 4.78 is 38.9. The molecule has 2 aliphatic rings. The number of carbonyl (C=O) groups excluding carboxylic acids is 2. The highest BCUT2D eigenvalue weighted by Crippen LogP contribution is 2.32. The van der Waals surface area contributed by atoms with Gasteiger partial charge in [0.05, 0.1) is 11.5 Å². The maximum Gasteiger partial charge on any atom is 0.416 e. The van der Waals surface area contributed by atoms with Crippen molar-refractivity contribution in [2.45, 2.75) is 12.6 Å². The number of anilines is 2. The number of hydrogen-bond donors (Lipinski definition) is 0. The maximum atomic E-state index is 13.0. The van der Waals surface area contributed by atoms with Gasteiger partial charge in [-0.3, -0.25) is 9.59 Å². The SMILES string of the molecule is O=C(C1CC(=O)N(c2ccc(Cl)cc2)C1)N1CCN(c2cccc(C(F)(F)F)c2)CC1. The summed E-state index contributed by atoms with van der Waals surface area (Å²) in [5.74, 6) is -0.625. The second-order valence-electron chi connectivity index (χ2n) is 7.74. The van der Waals surface area contributed by atoms with Crippen molar-refractivity contribution in [3.63, 3.8) is 0 Å². The van der Waals surface area contributed by atoms with Gasteiger partial charge in [0.2, 0.25) is 11.8 Å². The minimum absolute atomic E-state index is 0.0893. The minimum Gasteiger partial charge on any atom is -0.368 e. The van der Waals surface area contributed by atoms with E-state index in [-0.39, 0.29) is 18.2 Å². The largest absolute Gasteiger partial charge is 0.416 e. The summed E-state index contributed by atoms with van der Waals surface area (Å²) >= 11 is 5.90. The zero-order chi connectivity index (χ0) is 22.2. The van der Waals surface area contributed by atoms with Gasteiger partial charge in [0, 0.05) is 55.5 Å². The van der Waals surface area contributed by atoms with Crippen molar-refractivity contribution >= 4 is 34.8 Å². The molecule has 0 bridgehead atoms. The predicted molar refractivity (Wildman–Crippen MR) is 112 cm³/mol. The van der Waals surface area contributed by atoms with E-state index in [2.05, 4.69) is 0 Å². The first-order valence-corrected chi connectivity index (χ1v) is 10.4. The minimum atomic E-state index is -4.39. The molecule has 1 atom stereocenters. The Morgan fingerprint density at radius 1 is 0.968 bits per heavy atom. The molecule has 164 valence electrons. The molecule has 0 aliphatic carbocycles. The van der Waals surface area contributed by atoms with Crippen LogP contribution < -0.4 is 9.80 Å². The normalized spacial score (nSPS) is 19.8. The van der Waals surface area contributed by atoms with Crippen molar-refractivity contribution in [2.24, 2.45) is 5.92 Å². The maximum absolute atomic E-state index is 13.0. The van der Waals surface area contributed by atoms with E-state index in [1.54, 1.807) is 40.1 Å². The predicted octanol–water partition coefficient (Wildman–Crippen LogP) is 4.06. The summed E-state index contributed by atoms with van der Waals surface area (Å²) in [6.45, 7) is 2.00. The van der Waals surface area contributed by atoms with Crippen LogP contribution >= 0.6 is 11.6 Å². The van der Waals surface area contributed by atoms with E-state index in [0.29, 0.717) is 49.1 Å². The summed E-state index contributed by atoms with van der Waals surface area (Å²) in [6, 6.07) is 12.1. The standard InChI is InChI=1S/C22H21ClF3N3O2/c23-17-4-6-18(7-5-17)29-14-15(12-20(29)30)21(31)28-10-8-27(9-11-28)19-3-1-2-16(13-19)22(24,25)26/h1-7,13,15H,8-12,14H2. The van der Waals surface area contributed by atoms with Crippen LogP contribution in [0.4, 0.5) is 24.5 Å². The van der Waals surface area contributed by atoms with Gasteiger partial charge in [0.15, 0.2) is 0 Å². The Labute approximate surface area is 183 Å². The molecule has 0 N–H and O–H groups in total. The second kappa shape index (κ2) is 8.42. The lowest BCUT2D eigenvalue weighted by molar-refractivity contribution is -0.137. The Balaban J connectivity index is 1.37. The van der Waals surface area contributed by atoms with Gasteiger partial charge in [-0.1, -0.05) is 17.7 Å². The molecule has 2 heterocycles. The zero-order valence-corrected chi connectivity index (χ0v) is 17.4. The summed E-state index contributed by atoms with van der Waals surface area (Å²) in [7, 11) is 0. The Morgan fingerprint density at radius 2 is 1.65 bits per heavy atom. The van der Waals surface area contributed by atoms with E-state index >= 15 is 0 Å². The Bertz CT molecular complexity index is 973. The first-order valence-electron chi connectivity index (χ1n) is 9.99. The lowest BCUT2D eigenvalue weighted by atomic mass is 10.1. The molecule has 31 heavy (non-hydrogen) atoms. The third-order valence-corrected chi connectivity index (χ3v) is 5.99. The van der Waals surface area contributed by atoms with Crippen LogP contribution in [0.2, 0.25) is 5.02 Å². The molecular formula is C22H21ClF3N3O2. The monoisotopic (exact) mass is 451 g/mol. The van der Waals surface area contributed by atoms with Crippen LogP contribution in [0, 0.1) is 5.92 Å². The van der Waals surface area contributed by atoms with E-state index < -0.39 is 17.7 Å². The fourth-order valence-electron chi connectivity index (χ4n) is 4.07. The van der Waals surface area contributed by atoms with Gasteiger partial charge in [-0.15, -0.1) is 0 Å². The molecule has 0 saturated carbocycles. The summed E-state index contributed by atoms with van der Waals surface area (Å²) in [5, 5.41) is 0.571. The summed E-state index contributed by atoms with van der Waals surface area (Å²) in [6.07, 6.45) is -4.24. The molecule has 2 aromatic carbocycles. The van der Waals surface area contributed by atoms with Crippen molar-refractivity contribution in [3.05, 3.63) is 59.1 Å². The highest BCUT2D eigenvalue weighted by molar-refractivity contribution is 6.30. The number of benzene rings is 2. The van der Waals surface area contributed by atoms with E-state index in [1.807, 2.05) is 4.90 Å². The van der Waals surface area contributed by atoms with Crippen molar-refractivity contribution in [3.8, 4) is 0 Å². The molecule has 0 radical (unpaired) electrons. The van der Waals surface area contributed by atoms with Crippen LogP contribution in [0.25, 0.3) is 0 Å². The molecule has 5 nitrogen and oxygen atoms in total. The average Bonchev–Trinajstić information content (AvgIpc) is 3.15. The molecule has 4 rings (SSSR count). The van der Waals surface area contributed by atoms with Crippen LogP contribution in [-0.4, -0.2) is 49.4 Å². The van der Waals surface area contributed by atoms with E-state index in [9.17, 15) is 22.8 Å². The summed E-state index contributed by atoms with van der Waals surface area (Å²) in [5.41, 5.74) is 0.515. The van der Waals surface area contributed by atoms with Crippen LogP contribution in [0.3, 0.4) is 0 Å². The van der Waals surface area contributed by atoms with Crippen molar-refractivity contribution < 1.29 is 22.8 Å². The Hall–Kier alpha value is -2.74. The van der Waals surface area contributed by atoms with Crippen LogP contribution in [0.1, 0.15) is 12.0 Å². The first kappa shape index (κ1) is 21.5. The second-order valence-corrected chi connectivity index (χ2v) is 8.18. The number of carbonyl (C=O) groups is 2. The highest BCUT2D eigenvalue weighted by atomic mass is 35.5. The van der Waals surface area contributed by atoms with Gasteiger partial charge in [0.1, 0.15) is 0 Å². The number of hydrogen-bond acceptors (Lipinski definition) is 3. The highest BCUT2D eigenvalue weighted by Gasteiger charge is 2.38. The van der Waals surface area contributed by atoms with Crippen molar-refractivity contribution in [2.75, 3.05) is 42.5 Å². The van der Waals surface area contributed by atoms with Gasteiger partial charge < -0.3 is 14.7 Å². The quantitative estimate of drug-likeness (QED) is 0.707. The van der Waals surface area contributed by atoms with E-state index in [4.69, 9.17) is 11.6 Å². The zero-order valence-electron chi connectivity index (χ0n) is 16.6. The van der Waals surface area contributed by atoms with Crippen LogP contribution in [0.5, 0.6) is 0 Å². The van der Waals surface area contributed by atoms with Crippen LogP contribution in [0.15, 0.2) is 48.5 Å². The number of halogens is 4. The fourth-order valence-corrected chi connectivity index (χ4v) is 4.19. The van der Waals surface area contributed by atoms with Crippen molar-refractivity contribution in [1.29, 1.82) is 0 Å². The molecule has 2 amide bonds. The van der Waals surface area contributed by atoms with Gasteiger partial charge in [-0.05, 0) is 42.5 Å². The molecule has 9 heteroatoms. The Kier molecular flexibility index (Phi) is 5.83. The molecular weight excluding hydrogens is 431 g/mol. The third-order valence-electron chi connectivity index (χ3n) is 5.74.